The number of halogens is 1. The summed E-state index contributed by atoms with van der Waals surface area (Å²) in [4.78, 5) is 21.9. The maximum absolute atomic E-state index is 12.7. The Kier molecular flexibility index (Phi) is 7.17. The third kappa shape index (κ3) is 5.60. The zero-order chi connectivity index (χ0) is 21.8. The van der Waals surface area contributed by atoms with Gasteiger partial charge in [0.05, 0.1) is 27.8 Å². The van der Waals surface area contributed by atoms with Crippen molar-refractivity contribution >= 4 is 52.0 Å². The number of para-hydroxylation sites is 1. The molecule has 0 spiro atoms. The van der Waals surface area contributed by atoms with Gasteiger partial charge in [-0.3, -0.25) is 4.79 Å². The predicted octanol–water partition coefficient (Wildman–Crippen LogP) is 5.25. The third-order valence-corrected chi connectivity index (χ3v) is 7.56. The number of benzene rings is 2. The van der Waals surface area contributed by atoms with Gasteiger partial charge >= 0.3 is 0 Å². The Balaban J connectivity index is 1.38. The molecule has 3 aromatic rings. The summed E-state index contributed by atoms with van der Waals surface area (Å²) in [6.07, 6.45) is 0. The van der Waals surface area contributed by atoms with Crippen LogP contribution in [-0.2, 0) is 4.79 Å². The second kappa shape index (κ2) is 10.0. The van der Waals surface area contributed by atoms with Crippen LogP contribution in [0.25, 0.3) is 11.3 Å². The van der Waals surface area contributed by atoms with Crippen LogP contribution in [0.2, 0.25) is 5.02 Å². The molecule has 1 N–H and O–H groups in total. The highest BCUT2D eigenvalue weighted by Crippen LogP contribution is 2.35. The minimum absolute atomic E-state index is 0.0604. The molecule has 1 aliphatic heterocycles. The smallest absolute Gasteiger partial charge is 0.234 e. The van der Waals surface area contributed by atoms with Crippen molar-refractivity contribution in [1.82, 2.24) is 9.88 Å². The molecule has 1 saturated heterocycles. The van der Waals surface area contributed by atoms with Crippen molar-refractivity contribution < 1.29 is 4.79 Å². The van der Waals surface area contributed by atoms with E-state index in [9.17, 15) is 4.79 Å². The van der Waals surface area contributed by atoms with Gasteiger partial charge in [0.25, 0.3) is 0 Å². The molecule has 0 radical (unpaired) electrons. The molecule has 0 unspecified atom stereocenters. The van der Waals surface area contributed by atoms with Gasteiger partial charge in [-0.05, 0) is 26.1 Å². The second-order valence-electron chi connectivity index (χ2n) is 7.63. The number of amides is 1. The van der Waals surface area contributed by atoms with E-state index in [4.69, 9.17) is 11.6 Å². The Bertz CT molecular complexity index is 1050. The highest BCUT2D eigenvalue weighted by Gasteiger charge is 2.20. The molecule has 0 aliphatic carbocycles. The zero-order valence-electron chi connectivity index (χ0n) is 17.6. The first-order valence-electron chi connectivity index (χ1n) is 10.2. The average molecular weight is 473 g/mol. The Morgan fingerprint density at radius 1 is 1.16 bits per heavy atom. The summed E-state index contributed by atoms with van der Waals surface area (Å²) >= 11 is 9.52. The number of hydrogen-bond donors (Lipinski definition) is 1. The molecule has 31 heavy (non-hydrogen) atoms. The Morgan fingerprint density at radius 3 is 2.65 bits per heavy atom. The summed E-state index contributed by atoms with van der Waals surface area (Å²) < 4.78 is 0.885. The van der Waals surface area contributed by atoms with E-state index in [-0.39, 0.29) is 5.91 Å². The van der Waals surface area contributed by atoms with E-state index in [0.717, 1.165) is 53.2 Å². The number of aryl methyl sites for hydroxylation is 1. The van der Waals surface area contributed by atoms with E-state index in [0.29, 0.717) is 10.8 Å². The van der Waals surface area contributed by atoms with Crippen molar-refractivity contribution in [1.29, 1.82) is 0 Å². The number of thioether (sulfide) groups is 1. The van der Waals surface area contributed by atoms with Crippen LogP contribution in [-0.4, -0.2) is 54.8 Å². The maximum Gasteiger partial charge on any atom is 0.234 e. The molecule has 2 heterocycles. The lowest BCUT2D eigenvalue weighted by atomic mass is 10.1. The summed E-state index contributed by atoms with van der Waals surface area (Å²) in [5, 5.41) is 5.75. The number of aromatic nitrogens is 1. The van der Waals surface area contributed by atoms with Gasteiger partial charge in [0.2, 0.25) is 5.91 Å². The summed E-state index contributed by atoms with van der Waals surface area (Å²) in [6.45, 7) is 5.79. The molecule has 0 saturated carbocycles. The highest BCUT2D eigenvalue weighted by atomic mass is 35.5. The number of piperazine rings is 1. The van der Waals surface area contributed by atoms with Crippen LogP contribution in [0.15, 0.2) is 52.2 Å². The Hall–Kier alpha value is -2.06. The molecule has 8 heteroatoms. The van der Waals surface area contributed by atoms with Gasteiger partial charge in [0, 0.05) is 37.1 Å². The van der Waals surface area contributed by atoms with Crippen LogP contribution in [0.5, 0.6) is 0 Å². The fourth-order valence-corrected chi connectivity index (χ4v) is 5.39. The molecule has 4 rings (SSSR count). The first-order valence-corrected chi connectivity index (χ1v) is 12.4. The van der Waals surface area contributed by atoms with Gasteiger partial charge in [-0.1, -0.05) is 59.3 Å². The standard InChI is InChI=1S/C23H25ClN4OS2/c1-16-6-8-17(9-7-16)20-14-30-23(26-20)31-15-21(29)25-19-5-3-4-18(24)22(19)28-12-10-27(2)11-13-28/h3-9,14H,10-13,15H2,1-2H3,(H,25,29). The molecular formula is C23H25ClN4OS2. The number of hydrogen-bond acceptors (Lipinski definition) is 6. The number of nitrogens with one attached hydrogen (secondary N) is 1. The number of carbonyl (C=O) groups excluding carboxylic acids is 1. The van der Waals surface area contributed by atoms with E-state index < -0.39 is 0 Å². The first-order chi connectivity index (χ1) is 15.0. The summed E-state index contributed by atoms with van der Waals surface area (Å²) in [5.74, 6) is 0.241. The average Bonchev–Trinajstić information content (AvgIpc) is 3.23. The maximum atomic E-state index is 12.7. The van der Waals surface area contributed by atoms with Gasteiger partial charge in [0.1, 0.15) is 0 Å². The normalized spacial score (nSPS) is 14.6. The molecule has 1 amide bonds. The minimum atomic E-state index is -0.0604. The van der Waals surface area contributed by atoms with Crippen LogP contribution >= 0.6 is 34.7 Å². The fourth-order valence-electron chi connectivity index (χ4n) is 3.46. The van der Waals surface area contributed by atoms with Crippen molar-refractivity contribution in [2.75, 3.05) is 49.2 Å². The number of carbonyl (C=O) groups is 1. The SMILES string of the molecule is Cc1ccc(-c2csc(SCC(=O)Nc3cccc(Cl)c3N3CCN(C)CC3)n2)cc1. The van der Waals surface area contributed by atoms with Crippen molar-refractivity contribution in [3.05, 3.63) is 58.4 Å². The second-order valence-corrected chi connectivity index (χ2v) is 10.1. The molecule has 1 aliphatic rings. The van der Waals surface area contributed by atoms with E-state index in [1.54, 1.807) is 11.3 Å². The summed E-state index contributed by atoms with van der Waals surface area (Å²) in [7, 11) is 2.12. The quantitative estimate of drug-likeness (QED) is 0.496. The molecule has 1 fully saturated rings. The molecule has 1 aromatic heterocycles. The molecular weight excluding hydrogens is 448 g/mol. The van der Waals surface area contributed by atoms with E-state index in [1.165, 1.54) is 17.3 Å². The zero-order valence-corrected chi connectivity index (χ0v) is 20.0. The van der Waals surface area contributed by atoms with Crippen LogP contribution in [0.3, 0.4) is 0 Å². The van der Waals surface area contributed by atoms with Crippen molar-refractivity contribution in [3.63, 3.8) is 0 Å². The van der Waals surface area contributed by atoms with Gasteiger partial charge in [-0.2, -0.15) is 0 Å². The third-order valence-electron chi connectivity index (χ3n) is 5.24. The lowest BCUT2D eigenvalue weighted by Gasteiger charge is -2.35. The van der Waals surface area contributed by atoms with Gasteiger partial charge in [-0.15, -0.1) is 11.3 Å². The van der Waals surface area contributed by atoms with E-state index in [2.05, 4.69) is 58.3 Å². The summed E-state index contributed by atoms with van der Waals surface area (Å²) in [5.41, 5.74) is 4.94. The van der Waals surface area contributed by atoms with Crippen molar-refractivity contribution in [2.24, 2.45) is 0 Å². The first kappa shape index (κ1) is 22.1. The molecule has 5 nitrogen and oxygen atoms in total. The van der Waals surface area contributed by atoms with Crippen molar-refractivity contribution in [2.45, 2.75) is 11.3 Å². The Labute approximate surface area is 196 Å². The number of thiazole rings is 1. The van der Waals surface area contributed by atoms with Crippen LogP contribution in [0, 0.1) is 6.92 Å². The van der Waals surface area contributed by atoms with E-state index in [1.807, 2.05) is 23.6 Å². The number of rotatable bonds is 6. The molecule has 0 atom stereocenters. The lowest BCUT2D eigenvalue weighted by molar-refractivity contribution is -0.113. The number of anilines is 2. The largest absolute Gasteiger partial charge is 0.366 e. The minimum Gasteiger partial charge on any atom is -0.366 e. The van der Waals surface area contributed by atoms with Crippen LogP contribution in [0.1, 0.15) is 5.56 Å². The van der Waals surface area contributed by atoms with Gasteiger partial charge in [-0.25, -0.2) is 4.98 Å². The summed E-state index contributed by atoms with van der Waals surface area (Å²) in [6, 6.07) is 14.0. The number of nitrogens with zero attached hydrogens (tertiary/aromatic N) is 3. The van der Waals surface area contributed by atoms with Gasteiger partial charge < -0.3 is 15.1 Å². The topological polar surface area (TPSA) is 48.5 Å². The fraction of sp³-hybridized carbons (Fsp3) is 0.304. The van der Waals surface area contributed by atoms with Crippen molar-refractivity contribution in [3.8, 4) is 11.3 Å². The van der Waals surface area contributed by atoms with Crippen LogP contribution < -0.4 is 10.2 Å². The highest BCUT2D eigenvalue weighted by molar-refractivity contribution is 8.01. The lowest BCUT2D eigenvalue weighted by Crippen LogP contribution is -2.44. The predicted molar refractivity (Wildman–Crippen MR) is 133 cm³/mol. The Morgan fingerprint density at radius 2 is 1.90 bits per heavy atom. The molecule has 0 bridgehead atoms. The molecule has 162 valence electrons. The number of likely N-dealkylation sites (N-methyl/N-ethyl adjacent to an activating group) is 1. The van der Waals surface area contributed by atoms with Crippen LogP contribution in [0.4, 0.5) is 11.4 Å². The monoisotopic (exact) mass is 472 g/mol. The molecule has 2 aromatic carbocycles. The van der Waals surface area contributed by atoms with E-state index >= 15 is 0 Å². The van der Waals surface area contributed by atoms with Gasteiger partial charge in [0.15, 0.2) is 4.34 Å².